The smallest absolute Gasteiger partial charge is 0.130 e. The van der Waals surface area contributed by atoms with Crippen LogP contribution in [0.5, 0.6) is 5.75 Å². The molecule has 0 aliphatic carbocycles. The molecule has 2 rings (SSSR count). The number of hydrogen-bond acceptors (Lipinski definition) is 1. The zero-order valence-electron chi connectivity index (χ0n) is 9.11. The van der Waals surface area contributed by atoms with Crippen molar-refractivity contribution in [3.63, 3.8) is 0 Å². The Bertz CT molecular complexity index is 445. The summed E-state index contributed by atoms with van der Waals surface area (Å²) in [5, 5.41) is 0. The highest BCUT2D eigenvalue weighted by Gasteiger charge is 2.05. The summed E-state index contributed by atoms with van der Waals surface area (Å²) in [6, 6.07) is 14.5. The number of benzene rings is 2. The molecule has 0 saturated heterocycles. The van der Waals surface area contributed by atoms with Gasteiger partial charge in [0.05, 0.1) is 0 Å². The van der Waals surface area contributed by atoms with E-state index in [2.05, 4.69) is 0 Å². The molecule has 82 valence electrons. The quantitative estimate of drug-likeness (QED) is 0.759. The Morgan fingerprint density at radius 1 is 1.00 bits per heavy atom. The van der Waals surface area contributed by atoms with E-state index in [0.29, 0.717) is 5.56 Å². The van der Waals surface area contributed by atoms with Crippen molar-refractivity contribution in [2.75, 3.05) is 0 Å². The summed E-state index contributed by atoms with van der Waals surface area (Å²) >= 11 is 0. The molecule has 0 radical (unpaired) electrons. The van der Waals surface area contributed by atoms with Gasteiger partial charge in [0.1, 0.15) is 18.2 Å². The number of hydrogen-bond donors (Lipinski definition) is 0. The van der Waals surface area contributed by atoms with Crippen molar-refractivity contribution in [1.29, 1.82) is 0 Å². The van der Waals surface area contributed by atoms with Gasteiger partial charge in [-0.15, -0.1) is 0 Å². The molecule has 0 heterocycles. The minimum atomic E-state index is -0.212. The molecular formula is C14H13FO. The van der Waals surface area contributed by atoms with Crippen LogP contribution >= 0.6 is 0 Å². The second-order valence-corrected chi connectivity index (χ2v) is 3.64. The molecule has 16 heavy (non-hydrogen) atoms. The van der Waals surface area contributed by atoms with Crippen LogP contribution in [0.2, 0.25) is 0 Å². The van der Waals surface area contributed by atoms with Gasteiger partial charge in [-0.05, 0) is 30.7 Å². The van der Waals surface area contributed by atoms with Gasteiger partial charge in [-0.3, -0.25) is 0 Å². The molecule has 0 aromatic heterocycles. The van der Waals surface area contributed by atoms with Crippen molar-refractivity contribution in [1.82, 2.24) is 0 Å². The summed E-state index contributed by atoms with van der Waals surface area (Å²) in [5.41, 5.74) is 1.53. The molecular weight excluding hydrogens is 203 g/mol. The molecule has 2 aromatic carbocycles. The average Bonchev–Trinajstić information content (AvgIpc) is 2.30. The predicted molar refractivity (Wildman–Crippen MR) is 61.9 cm³/mol. The Morgan fingerprint density at radius 3 is 2.44 bits per heavy atom. The van der Waals surface area contributed by atoms with Crippen LogP contribution in [-0.2, 0) is 6.61 Å². The van der Waals surface area contributed by atoms with Gasteiger partial charge in [-0.1, -0.05) is 30.3 Å². The molecule has 0 amide bonds. The van der Waals surface area contributed by atoms with Gasteiger partial charge in [0.15, 0.2) is 0 Å². The van der Waals surface area contributed by atoms with Crippen molar-refractivity contribution >= 4 is 0 Å². The molecule has 0 spiro atoms. The summed E-state index contributed by atoms with van der Waals surface area (Å²) in [5.74, 6) is 0.543. The lowest BCUT2D eigenvalue weighted by Crippen LogP contribution is -2.00. The fraction of sp³-hybridized carbons (Fsp3) is 0.143. The maximum absolute atomic E-state index is 13.5. The molecule has 2 aromatic rings. The lowest BCUT2D eigenvalue weighted by atomic mass is 10.1. The first-order valence-electron chi connectivity index (χ1n) is 5.19. The van der Waals surface area contributed by atoms with Gasteiger partial charge in [0.25, 0.3) is 0 Å². The minimum Gasteiger partial charge on any atom is -0.489 e. The van der Waals surface area contributed by atoms with Crippen LogP contribution in [-0.4, -0.2) is 0 Å². The second-order valence-electron chi connectivity index (χ2n) is 3.64. The van der Waals surface area contributed by atoms with E-state index in [-0.39, 0.29) is 12.4 Å². The number of rotatable bonds is 3. The van der Waals surface area contributed by atoms with Gasteiger partial charge in [-0.2, -0.15) is 0 Å². The van der Waals surface area contributed by atoms with Gasteiger partial charge >= 0.3 is 0 Å². The van der Waals surface area contributed by atoms with E-state index in [4.69, 9.17) is 4.74 Å². The molecule has 0 bridgehead atoms. The molecule has 0 unspecified atom stereocenters. The second kappa shape index (κ2) is 4.79. The van der Waals surface area contributed by atoms with Gasteiger partial charge < -0.3 is 4.74 Å². The van der Waals surface area contributed by atoms with Crippen LogP contribution in [0.4, 0.5) is 4.39 Å². The van der Waals surface area contributed by atoms with Crippen LogP contribution in [0.1, 0.15) is 11.1 Å². The zero-order chi connectivity index (χ0) is 11.4. The van der Waals surface area contributed by atoms with Crippen LogP contribution in [0.25, 0.3) is 0 Å². The molecule has 0 saturated carbocycles. The molecule has 0 aliphatic rings. The Morgan fingerprint density at radius 2 is 1.75 bits per heavy atom. The third-order valence-corrected chi connectivity index (χ3v) is 2.48. The Labute approximate surface area is 94.5 Å². The van der Waals surface area contributed by atoms with Crippen molar-refractivity contribution in [2.45, 2.75) is 13.5 Å². The molecule has 0 N–H and O–H groups in total. The van der Waals surface area contributed by atoms with Crippen LogP contribution in [0, 0.1) is 12.7 Å². The maximum Gasteiger partial charge on any atom is 0.130 e. The van der Waals surface area contributed by atoms with E-state index in [1.807, 2.05) is 43.3 Å². The van der Waals surface area contributed by atoms with Crippen molar-refractivity contribution < 1.29 is 9.13 Å². The predicted octanol–water partition coefficient (Wildman–Crippen LogP) is 3.71. The number of ether oxygens (including phenoxy) is 1. The fourth-order valence-electron chi connectivity index (χ4n) is 1.52. The van der Waals surface area contributed by atoms with Crippen molar-refractivity contribution in [3.8, 4) is 5.75 Å². The Hall–Kier alpha value is -1.83. The SMILES string of the molecule is Cc1cccc(F)c1COc1ccccc1. The summed E-state index contributed by atoms with van der Waals surface area (Å²) in [4.78, 5) is 0. The van der Waals surface area contributed by atoms with E-state index in [1.165, 1.54) is 6.07 Å². The first-order chi connectivity index (χ1) is 7.77. The number of para-hydroxylation sites is 1. The van der Waals surface area contributed by atoms with Gasteiger partial charge in [-0.25, -0.2) is 4.39 Å². The first-order valence-corrected chi connectivity index (χ1v) is 5.19. The van der Waals surface area contributed by atoms with Gasteiger partial charge in [0, 0.05) is 5.56 Å². The molecule has 0 aliphatic heterocycles. The molecule has 0 atom stereocenters. The normalized spacial score (nSPS) is 10.1. The maximum atomic E-state index is 13.5. The van der Waals surface area contributed by atoms with Crippen LogP contribution < -0.4 is 4.74 Å². The van der Waals surface area contributed by atoms with E-state index < -0.39 is 0 Å². The minimum absolute atomic E-state index is 0.212. The third-order valence-electron chi connectivity index (χ3n) is 2.48. The van der Waals surface area contributed by atoms with E-state index >= 15 is 0 Å². The standard InChI is InChI=1S/C14H13FO/c1-11-6-5-9-14(15)13(11)10-16-12-7-3-2-4-8-12/h2-9H,10H2,1H3. The lowest BCUT2D eigenvalue weighted by Gasteiger charge is -2.09. The lowest BCUT2D eigenvalue weighted by molar-refractivity contribution is 0.299. The fourth-order valence-corrected chi connectivity index (χ4v) is 1.52. The zero-order valence-corrected chi connectivity index (χ0v) is 9.11. The number of aryl methyl sites for hydroxylation is 1. The van der Waals surface area contributed by atoms with Crippen molar-refractivity contribution in [2.24, 2.45) is 0 Å². The summed E-state index contributed by atoms with van der Waals surface area (Å²) in [6.45, 7) is 2.15. The third kappa shape index (κ3) is 2.40. The van der Waals surface area contributed by atoms with Crippen molar-refractivity contribution in [3.05, 3.63) is 65.5 Å². The van der Waals surface area contributed by atoms with Crippen LogP contribution in [0.3, 0.4) is 0 Å². The summed E-state index contributed by atoms with van der Waals surface area (Å²) in [6.07, 6.45) is 0. The molecule has 2 heteroatoms. The van der Waals surface area contributed by atoms with E-state index in [1.54, 1.807) is 6.07 Å². The van der Waals surface area contributed by atoms with E-state index in [0.717, 1.165) is 11.3 Å². The highest BCUT2D eigenvalue weighted by atomic mass is 19.1. The Kier molecular flexibility index (Phi) is 3.20. The van der Waals surface area contributed by atoms with Crippen LogP contribution in [0.15, 0.2) is 48.5 Å². The monoisotopic (exact) mass is 216 g/mol. The first kappa shape index (κ1) is 10.7. The largest absolute Gasteiger partial charge is 0.489 e. The average molecular weight is 216 g/mol. The van der Waals surface area contributed by atoms with E-state index in [9.17, 15) is 4.39 Å². The summed E-state index contributed by atoms with van der Waals surface area (Å²) < 4.78 is 19.0. The molecule has 0 fully saturated rings. The topological polar surface area (TPSA) is 9.23 Å². The number of halogens is 1. The summed E-state index contributed by atoms with van der Waals surface area (Å²) in [7, 11) is 0. The highest BCUT2D eigenvalue weighted by molar-refractivity contribution is 5.28. The van der Waals surface area contributed by atoms with Gasteiger partial charge in [0.2, 0.25) is 0 Å². The Balaban J connectivity index is 2.11. The molecule has 1 nitrogen and oxygen atoms in total. The highest BCUT2D eigenvalue weighted by Crippen LogP contribution is 2.16.